The molecule has 0 saturated carbocycles. The Kier molecular flexibility index (Phi) is 5.97. The number of benzene rings is 2. The largest absolute Gasteiger partial charge is 0.383 e. The highest BCUT2D eigenvalue weighted by molar-refractivity contribution is 6.31. The van der Waals surface area contributed by atoms with E-state index in [4.69, 9.17) is 11.6 Å². The minimum absolute atomic E-state index is 0.198. The van der Waals surface area contributed by atoms with Gasteiger partial charge in [0.05, 0.1) is 16.6 Å². The Hall–Kier alpha value is -2.96. The van der Waals surface area contributed by atoms with E-state index in [-0.39, 0.29) is 11.8 Å². The molecule has 0 atom stereocenters. The fourth-order valence-corrected chi connectivity index (χ4v) is 3.86. The third kappa shape index (κ3) is 4.15. The lowest BCUT2D eigenvalue weighted by atomic mass is 10.1. The molecule has 3 aromatic rings. The van der Waals surface area contributed by atoms with Crippen LogP contribution in [-0.4, -0.2) is 47.9 Å². The number of nitrogens with one attached hydrogen (secondary N) is 2. The van der Waals surface area contributed by atoms with Gasteiger partial charge in [-0.15, -0.1) is 0 Å². The number of imide groups is 1. The van der Waals surface area contributed by atoms with E-state index in [1.807, 2.05) is 31.2 Å². The van der Waals surface area contributed by atoms with Crippen LogP contribution in [0.15, 0.2) is 48.5 Å². The van der Waals surface area contributed by atoms with Crippen LogP contribution < -0.4 is 10.6 Å². The number of pyridine rings is 1. The number of carbonyl (C=O) groups is 2. The van der Waals surface area contributed by atoms with E-state index >= 15 is 0 Å². The van der Waals surface area contributed by atoms with E-state index < -0.39 is 0 Å². The van der Waals surface area contributed by atoms with Crippen molar-refractivity contribution in [3.63, 3.8) is 0 Å². The molecule has 4 rings (SSSR count). The zero-order valence-corrected chi connectivity index (χ0v) is 17.5. The summed E-state index contributed by atoms with van der Waals surface area (Å²) in [6.07, 6.45) is 0.707. The number of aryl methyl sites for hydroxylation is 1. The number of hydrogen-bond donors (Lipinski definition) is 2. The van der Waals surface area contributed by atoms with Crippen molar-refractivity contribution >= 4 is 40.0 Å². The molecule has 7 heteroatoms. The topological polar surface area (TPSA) is 74.3 Å². The summed E-state index contributed by atoms with van der Waals surface area (Å²) in [5.74, 6) is -0.397. The molecule has 154 valence electrons. The molecule has 1 aromatic heterocycles. The minimum Gasteiger partial charge on any atom is -0.383 e. The molecule has 0 unspecified atom stereocenters. The number of hydrogen-bond acceptors (Lipinski definition) is 5. The number of rotatable bonds is 8. The summed E-state index contributed by atoms with van der Waals surface area (Å²) in [5, 5.41) is 8.47. The zero-order valence-electron chi connectivity index (χ0n) is 16.7. The van der Waals surface area contributed by atoms with Crippen molar-refractivity contribution in [1.29, 1.82) is 0 Å². The van der Waals surface area contributed by atoms with Crippen LogP contribution in [0.25, 0.3) is 10.9 Å². The maximum atomic E-state index is 12.3. The second-order valence-corrected chi connectivity index (χ2v) is 7.75. The lowest BCUT2D eigenvalue weighted by molar-refractivity contribution is 0.0652. The van der Waals surface area contributed by atoms with Gasteiger partial charge in [0.1, 0.15) is 0 Å². The van der Waals surface area contributed by atoms with Crippen LogP contribution >= 0.6 is 11.6 Å². The summed E-state index contributed by atoms with van der Waals surface area (Å²) in [6, 6.07) is 14.7. The van der Waals surface area contributed by atoms with Gasteiger partial charge in [0.25, 0.3) is 11.8 Å². The maximum Gasteiger partial charge on any atom is 0.261 e. The molecule has 0 aliphatic carbocycles. The molecule has 1 aliphatic heterocycles. The van der Waals surface area contributed by atoms with Crippen molar-refractivity contribution in [2.75, 3.05) is 31.5 Å². The number of aromatic nitrogens is 1. The molecule has 2 aromatic carbocycles. The first-order valence-electron chi connectivity index (χ1n) is 10.0. The number of halogens is 1. The highest BCUT2D eigenvalue weighted by Gasteiger charge is 2.34. The molecule has 0 fully saturated rings. The second-order valence-electron chi connectivity index (χ2n) is 7.31. The highest BCUT2D eigenvalue weighted by atomic mass is 35.5. The van der Waals surface area contributed by atoms with E-state index in [9.17, 15) is 9.59 Å². The molecular formula is C23H23ClN4O2. The Labute approximate surface area is 180 Å². The maximum absolute atomic E-state index is 12.3. The molecule has 6 nitrogen and oxygen atoms in total. The Morgan fingerprint density at radius 3 is 2.43 bits per heavy atom. The summed E-state index contributed by atoms with van der Waals surface area (Å²) < 4.78 is 0. The monoisotopic (exact) mass is 422 g/mol. The molecular weight excluding hydrogens is 400 g/mol. The van der Waals surface area contributed by atoms with Gasteiger partial charge in [-0.3, -0.25) is 19.5 Å². The standard InChI is InChI=1S/C23H23ClN4O2/c1-15-13-21(19-14-16(24)7-8-20(19)27-15)26-11-10-25-9-4-12-28-22(29)17-5-2-3-6-18(17)23(28)30/h2-3,5-8,13-14,25H,4,9-12H2,1H3,(H,26,27). The summed E-state index contributed by atoms with van der Waals surface area (Å²) in [4.78, 5) is 30.6. The third-order valence-corrected chi connectivity index (χ3v) is 5.36. The lowest BCUT2D eigenvalue weighted by Gasteiger charge is -2.14. The molecule has 2 amide bonds. The molecule has 30 heavy (non-hydrogen) atoms. The van der Waals surface area contributed by atoms with Crippen LogP contribution in [0.3, 0.4) is 0 Å². The Morgan fingerprint density at radius 1 is 0.967 bits per heavy atom. The predicted octanol–water partition coefficient (Wildman–Crippen LogP) is 3.88. The van der Waals surface area contributed by atoms with Gasteiger partial charge in [-0.2, -0.15) is 0 Å². The van der Waals surface area contributed by atoms with Crippen LogP contribution in [0.5, 0.6) is 0 Å². The van der Waals surface area contributed by atoms with Crippen LogP contribution in [0.2, 0.25) is 5.02 Å². The van der Waals surface area contributed by atoms with Gasteiger partial charge >= 0.3 is 0 Å². The van der Waals surface area contributed by atoms with Crippen LogP contribution in [0.1, 0.15) is 32.8 Å². The van der Waals surface area contributed by atoms with Crippen LogP contribution in [0.4, 0.5) is 5.69 Å². The average molecular weight is 423 g/mol. The number of nitrogens with zero attached hydrogens (tertiary/aromatic N) is 2. The molecule has 0 spiro atoms. The van der Waals surface area contributed by atoms with Gasteiger partial charge in [-0.1, -0.05) is 23.7 Å². The van der Waals surface area contributed by atoms with E-state index in [1.54, 1.807) is 24.3 Å². The van der Waals surface area contributed by atoms with Gasteiger partial charge in [0.15, 0.2) is 0 Å². The molecule has 2 N–H and O–H groups in total. The van der Waals surface area contributed by atoms with E-state index in [1.165, 1.54) is 4.90 Å². The molecule has 1 aliphatic rings. The lowest BCUT2D eigenvalue weighted by Crippen LogP contribution is -2.33. The van der Waals surface area contributed by atoms with Gasteiger partial charge in [0, 0.05) is 41.4 Å². The van der Waals surface area contributed by atoms with Crippen molar-refractivity contribution < 1.29 is 9.59 Å². The predicted molar refractivity (Wildman–Crippen MR) is 119 cm³/mol. The normalized spacial score (nSPS) is 13.2. The molecule has 2 heterocycles. The minimum atomic E-state index is -0.198. The Morgan fingerprint density at radius 2 is 1.70 bits per heavy atom. The zero-order chi connectivity index (χ0) is 21.1. The fourth-order valence-electron chi connectivity index (χ4n) is 3.69. The smallest absolute Gasteiger partial charge is 0.261 e. The summed E-state index contributed by atoms with van der Waals surface area (Å²) in [6.45, 7) is 4.59. The highest BCUT2D eigenvalue weighted by Crippen LogP contribution is 2.26. The summed E-state index contributed by atoms with van der Waals surface area (Å²) in [7, 11) is 0. The number of anilines is 1. The van der Waals surface area contributed by atoms with Gasteiger partial charge in [-0.25, -0.2) is 0 Å². The van der Waals surface area contributed by atoms with Gasteiger partial charge < -0.3 is 10.6 Å². The number of carbonyl (C=O) groups excluding carboxylic acids is 2. The number of amides is 2. The first kappa shape index (κ1) is 20.3. The van der Waals surface area contributed by atoms with Crippen LogP contribution in [0, 0.1) is 6.92 Å². The quantitative estimate of drug-likeness (QED) is 0.425. The van der Waals surface area contributed by atoms with Gasteiger partial charge in [-0.05, 0) is 56.3 Å². The molecule has 0 bridgehead atoms. The fraction of sp³-hybridized carbons (Fsp3) is 0.261. The molecule has 0 radical (unpaired) electrons. The second kappa shape index (κ2) is 8.81. The van der Waals surface area contributed by atoms with Crippen molar-refractivity contribution in [2.45, 2.75) is 13.3 Å². The summed E-state index contributed by atoms with van der Waals surface area (Å²) in [5.41, 5.74) is 3.86. The third-order valence-electron chi connectivity index (χ3n) is 5.13. The SMILES string of the molecule is Cc1cc(NCCNCCCN2C(=O)c3ccccc3C2=O)c2cc(Cl)ccc2n1. The van der Waals surface area contributed by atoms with E-state index in [0.29, 0.717) is 29.1 Å². The Bertz CT molecular complexity index is 1080. The first-order chi connectivity index (χ1) is 14.5. The van der Waals surface area contributed by atoms with Crippen molar-refractivity contribution in [3.8, 4) is 0 Å². The van der Waals surface area contributed by atoms with Crippen LogP contribution in [-0.2, 0) is 0 Å². The van der Waals surface area contributed by atoms with E-state index in [2.05, 4.69) is 15.6 Å². The van der Waals surface area contributed by atoms with Crippen molar-refractivity contribution in [3.05, 3.63) is 70.4 Å². The summed E-state index contributed by atoms with van der Waals surface area (Å²) >= 11 is 6.13. The average Bonchev–Trinajstić information content (AvgIpc) is 2.98. The van der Waals surface area contributed by atoms with Gasteiger partial charge in [0.2, 0.25) is 0 Å². The first-order valence-corrected chi connectivity index (χ1v) is 10.4. The number of fused-ring (bicyclic) bond motifs is 2. The van der Waals surface area contributed by atoms with E-state index in [0.717, 1.165) is 41.9 Å². The Balaban J connectivity index is 1.23. The van der Waals surface area contributed by atoms with Crippen molar-refractivity contribution in [2.24, 2.45) is 0 Å². The van der Waals surface area contributed by atoms with Crippen molar-refractivity contribution in [1.82, 2.24) is 15.2 Å². The molecule has 0 saturated heterocycles.